The fraction of sp³-hybridized carbons (Fsp3) is 0.0455. The lowest BCUT2D eigenvalue weighted by Crippen LogP contribution is -2.12. The monoisotopic (exact) mass is 424 g/mol. The third-order valence-corrected chi connectivity index (χ3v) is 5.26. The number of hydrogen-bond acceptors (Lipinski definition) is 6. The lowest BCUT2D eigenvalue weighted by molar-refractivity contribution is 0.102. The highest BCUT2D eigenvalue weighted by atomic mass is 16.5. The van der Waals surface area contributed by atoms with E-state index in [0.717, 1.165) is 38.7 Å². The summed E-state index contributed by atoms with van der Waals surface area (Å²) in [4.78, 5) is 12.8. The Morgan fingerprint density at radius 2 is 2.03 bits per heavy atom. The third kappa shape index (κ3) is 3.10. The van der Waals surface area contributed by atoms with E-state index in [-0.39, 0.29) is 5.91 Å². The maximum Gasteiger partial charge on any atom is 0.276 e. The second-order valence-corrected chi connectivity index (χ2v) is 7.33. The van der Waals surface area contributed by atoms with Crippen molar-refractivity contribution in [3.8, 4) is 11.1 Å². The molecule has 1 amide bonds. The Balaban J connectivity index is 1.21. The Morgan fingerprint density at radius 3 is 2.94 bits per heavy atom. The number of rotatable bonds is 5. The first kappa shape index (κ1) is 18.1. The van der Waals surface area contributed by atoms with Gasteiger partial charge in [0.25, 0.3) is 5.91 Å². The summed E-state index contributed by atoms with van der Waals surface area (Å²) in [7, 11) is 0. The minimum Gasteiger partial charge on any atom is -0.356 e. The Kier molecular flexibility index (Phi) is 4.07. The van der Waals surface area contributed by atoms with E-state index in [1.165, 1.54) is 0 Å². The van der Waals surface area contributed by atoms with Crippen LogP contribution in [0, 0.1) is 0 Å². The average Bonchev–Trinajstić information content (AvgIpc) is 3.61. The molecule has 10 heteroatoms. The summed E-state index contributed by atoms with van der Waals surface area (Å²) in [6.07, 6.45) is 6.88. The number of aromatic nitrogens is 7. The molecule has 3 N–H and O–H groups in total. The van der Waals surface area contributed by atoms with Gasteiger partial charge in [-0.2, -0.15) is 15.3 Å². The highest BCUT2D eigenvalue weighted by Gasteiger charge is 2.16. The molecule has 0 saturated heterocycles. The topological polar surface area (TPSA) is 130 Å². The fourth-order valence-corrected chi connectivity index (χ4v) is 3.69. The van der Waals surface area contributed by atoms with Gasteiger partial charge in [-0.15, -0.1) is 0 Å². The van der Waals surface area contributed by atoms with E-state index in [2.05, 4.69) is 36.0 Å². The Labute approximate surface area is 180 Å². The first-order valence-corrected chi connectivity index (χ1v) is 9.89. The van der Waals surface area contributed by atoms with E-state index < -0.39 is 0 Å². The van der Waals surface area contributed by atoms with Gasteiger partial charge >= 0.3 is 0 Å². The van der Waals surface area contributed by atoms with Crippen molar-refractivity contribution in [1.82, 2.24) is 35.3 Å². The molecule has 0 saturated carbocycles. The van der Waals surface area contributed by atoms with Gasteiger partial charge in [0.1, 0.15) is 5.69 Å². The fourth-order valence-electron chi connectivity index (χ4n) is 3.69. The van der Waals surface area contributed by atoms with E-state index in [4.69, 9.17) is 4.52 Å². The van der Waals surface area contributed by atoms with Gasteiger partial charge in [-0.25, -0.2) is 0 Å². The van der Waals surface area contributed by atoms with Gasteiger partial charge < -0.3 is 9.84 Å². The summed E-state index contributed by atoms with van der Waals surface area (Å²) in [5.74, 6) is -0.321. The molecule has 10 nitrogen and oxygen atoms in total. The van der Waals surface area contributed by atoms with Crippen LogP contribution in [0.15, 0.2) is 71.8 Å². The van der Waals surface area contributed by atoms with Crippen molar-refractivity contribution in [3.05, 3.63) is 78.6 Å². The number of carbonyl (C=O) groups excluding carboxylic acids is 1. The summed E-state index contributed by atoms with van der Waals surface area (Å²) in [5, 5.41) is 26.9. The maximum absolute atomic E-state index is 12.8. The van der Waals surface area contributed by atoms with Crippen LogP contribution in [0.5, 0.6) is 0 Å². The quantitative estimate of drug-likeness (QED) is 0.388. The normalized spacial score (nSPS) is 11.4. The summed E-state index contributed by atoms with van der Waals surface area (Å²) >= 11 is 0. The van der Waals surface area contributed by atoms with E-state index in [1.54, 1.807) is 23.3 Å². The second-order valence-electron chi connectivity index (χ2n) is 7.33. The van der Waals surface area contributed by atoms with Crippen LogP contribution >= 0.6 is 0 Å². The summed E-state index contributed by atoms with van der Waals surface area (Å²) in [6, 6.07) is 13.4. The number of anilines is 1. The molecule has 156 valence electrons. The SMILES string of the molecule is O=C(Nc1cnn(Cc2noc3ccccc23)c1)c1n[nH]c2cc(-c3cn[nH]c3)ccc12. The lowest BCUT2D eigenvalue weighted by Gasteiger charge is -2.01. The number of aromatic amines is 2. The first-order valence-electron chi connectivity index (χ1n) is 9.89. The molecule has 0 bridgehead atoms. The van der Waals surface area contributed by atoms with Crippen LogP contribution in [0.25, 0.3) is 33.0 Å². The standard InChI is InChI=1S/C22H16N8O2/c31-22(21-17-6-5-13(7-18(17)27-28-21)14-8-23-24-9-14)26-15-10-25-30(11-15)12-19-16-3-1-2-4-20(16)32-29-19/h1-11H,12H2,(H,23,24)(H,26,31)(H,27,28). The molecular weight excluding hydrogens is 408 g/mol. The molecule has 0 atom stereocenters. The number of H-pyrrole nitrogens is 2. The van der Waals surface area contributed by atoms with Gasteiger partial charge in [-0.3, -0.25) is 19.7 Å². The lowest BCUT2D eigenvalue weighted by atomic mass is 10.1. The number of benzene rings is 2. The van der Waals surface area contributed by atoms with Crippen LogP contribution in [-0.2, 0) is 6.54 Å². The number of para-hydroxylation sites is 1. The largest absolute Gasteiger partial charge is 0.356 e. The van der Waals surface area contributed by atoms with Gasteiger partial charge in [-0.05, 0) is 29.8 Å². The molecule has 0 spiro atoms. The van der Waals surface area contributed by atoms with Crippen molar-refractivity contribution in [2.45, 2.75) is 6.54 Å². The molecule has 0 aliphatic carbocycles. The molecule has 0 radical (unpaired) electrons. The number of amides is 1. The Morgan fingerprint density at radius 1 is 1.09 bits per heavy atom. The van der Waals surface area contributed by atoms with Crippen molar-refractivity contribution < 1.29 is 9.32 Å². The second kappa shape index (κ2) is 7.20. The van der Waals surface area contributed by atoms with Crippen molar-refractivity contribution in [3.63, 3.8) is 0 Å². The summed E-state index contributed by atoms with van der Waals surface area (Å²) in [5.41, 5.74) is 5.08. The molecular formula is C22H16N8O2. The van der Waals surface area contributed by atoms with E-state index >= 15 is 0 Å². The van der Waals surface area contributed by atoms with Crippen LogP contribution in [0.2, 0.25) is 0 Å². The first-order chi connectivity index (χ1) is 15.7. The smallest absolute Gasteiger partial charge is 0.276 e. The summed E-state index contributed by atoms with van der Waals surface area (Å²) < 4.78 is 7.03. The zero-order valence-corrected chi connectivity index (χ0v) is 16.6. The van der Waals surface area contributed by atoms with Crippen molar-refractivity contribution in [2.75, 3.05) is 5.32 Å². The predicted molar refractivity (Wildman–Crippen MR) is 117 cm³/mol. The molecule has 6 rings (SSSR count). The highest BCUT2D eigenvalue weighted by Crippen LogP contribution is 2.25. The Hall–Kier alpha value is -4.73. The molecule has 2 aromatic carbocycles. The molecule has 32 heavy (non-hydrogen) atoms. The van der Waals surface area contributed by atoms with Crippen LogP contribution in [-0.4, -0.2) is 41.2 Å². The zero-order chi connectivity index (χ0) is 21.5. The van der Waals surface area contributed by atoms with E-state index in [0.29, 0.717) is 17.9 Å². The Bertz CT molecular complexity index is 1560. The molecule has 0 fully saturated rings. The van der Waals surface area contributed by atoms with Crippen LogP contribution < -0.4 is 5.32 Å². The number of fused-ring (bicyclic) bond motifs is 2. The molecule has 0 aliphatic heterocycles. The van der Waals surface area contributed by atoms with Gasteiger partial charge in [0.05, 0.1) is 30.1 Å². The molecule has 6 aromatic rings. The van der Waals surface area contributed by atoms with E-state index in [9.17, 15) is 4.79 Å². The third-order valence-electron chi connectivity index (χ3n) is 5.26. The molecule has 0 unspecified atom stereocenters. The van der Waals surface area contributed by atoms with Gasteiger partial charge in [0, 0.05) is 28.7 Å². The molecule has 4 aromatic heterocycles. The van der Waals surface area contributed by atoms with Crippen molar-refractivity contribution in [2.24, 2.45) is 0 Å². The van der Waals surface area contributed by atoms with Crippen molar-refractivity contribution >= 4 is 33.5 Å². The molecule has 4 heterocycles. The van der Waals surface area contributed by atoms with E-state index in [1.807, 2.05) is 48.7 Å². The number of hydrogen-bond donors (Lipinski definition) is 3. The zero-order valence-electron chi connectivity index (χ0n) is 16.6. The van der Waals surface area contributed by atoms with Crippen molar-refractivity contribution in [1.29, 1.82) is 0 Å². The van der Waals surface area contributed by atoms with Gasteiger partial charge in [0.2, 0.25) is 0 Å². The van der Waals surface area contributed by atoms with Crippen LogP contribution in [0.4, 0.5) is 5.69 Å². The minimum absolute atomic E-state index is 0.314. The van der Waals surface area contributed by atoms with Crippen LogP contribution in [0.3, 0.4) is 0 Å². The minimum atomic E-state index is -0.321. The summed E-state index contributed by atoms with van der Waals surface area (Å²) in [6.45, 7) is 0.426. The highest BCUT2D eigenvalue weighted by molar-refractivity contribution is 6.11. The number of nitrogens with one attached hydrogen (secondary N) is 3. The number of carbonyl (C=O) groups is 1. The molecule has 0 aliphatic rings. The number of nitrogens with zero attached hydrogens (tertiary/aromatic N) is 5. The maximum atomic E-state index is 12.8. The predicted octanol–water partition coefficient (Wildman–Crippen LogP) is 3.59. The van der Waals surface area contributed by atoms with Crippen LogP contribution in [0.1, 0.15) is 16.2 Å². The van der Waals surface area contributed by atoms with Gasteiger partial charge in [-0.1, -0.05) is 23.4 Å². The van der Waals surface area contributed by atoms with Gasteiger partial charge in [0.15, 0.2) is 11.3 Å². The average molecular weight is 424 g/mol.